The normalized spacial score (nSPS) is 22.1. The van der Waals surface area contributed by atoms with E-state index in [4.69, 9.17) is 5.11 Å². The van der Waals surface area contributed by atoms with Crippen LogP contribution in [0, 0.1) is 16.0 Å². The van der Waals surface area contributed by atoms with Crippen molar-refractivity contribution in [2.24, 2.45) is 5.92 Å². The number of aliphatic hydroxyl groups is 1. The second-order valence-electron chi connectivity index (χ2n) is 4.52. The average Bonchev–Trinajstić information content (AvgIpc) is 2.33. The standard InChI is InChI=1S/C12H14N2O4/c15-7-8-1-2-11(12(5-8)14(17)18)13-6-9-3-10(16)4-9/h1-2,5,7,9-10,13,16H,3-4,6H2. The number of carbonyl (C=O) groups excluding carboxylic acids is 1. The van der Waals surface area contributed by atoms with Gasteiger partial charge in [-0.15, -0.1) is 0 Å². The lowest BCUT2D eigenvalue weighted by Crippen LogP contribution is -2.33. The summed E-state index contributed by atoms with van der Waals surface area (Å²) >= 11 is 0. The predicted molar refractivity (Wildman–Crippen MR) is 65.7 cm³/mol. The number of anilines is 1. The van der Waals surface area contributed by atoms with Crippen LogP contribution in [0.3, 0.4) is 0 Å². The smallest absolute Gasteiger partial charge is 0.293 e. The number of hydrogen-bond donors (Lipinski definition) is 2. The third-order valence-electron chi connectivity index (χ3n) is 3.15. The van der Waals surface area contributed by atoms with Crippen LogP contribution in [0.2, 0.25) is 0 Å². The van der Waals surface area contributed by atoms with Gasteiger partial charge in [0.25, 0.3) is 5.69 Å². The summed E-state index contributed by atoms with van der Waals surface area (Å²) in [6, 6.07) is 4.33. The van der Waals surface area contributed by atoms with Gasteiger partial charge < -0.3 is 10.4 Å². The summed E-state index contributed by atoms with van der Waals surface area (Å²) in [6.45, 7) is 0.596. The van der Waals surface area contributed by atoms with E-state index in [1.807, 2.05) is 0 Å². The van der Waals surface area contributed by atoms with E-state index in [9.17, 15) is 14.9 Å². The Morgan fingerprint density at radius 1 is 1.50 bits per heavy atom. The van der Waals surface area contributed by atoms with Crippen molar-refractivity contribution in [3.8, 4) is 0 Å². The molecule has 1 aromatic carbocycles. The second kappa shape index (κ2) is 5.14. The molecule has 18 heavy (non-hydrogen) atoms. The highest BCUT2D eigenvalue weighted by Crippen LogP contribution is 2.30. The van der Waals surface area contributed by atoms with E-state index in [1.165, 1.54) is 18.2 Å². The molecule has 0 heterocycles. The molecule has 0 amide bonds. The lowest BCUT2D eigenvalue weighted by Gasteiger charge is -2.31. The highest BCUT2D eigenvalue weighted by atomic mass is 16.6. The molecule has 1 fully saturated rings. The van der Waals surface area contributed by atoms with E-state index in [1.54, 1.807) is 0 Å². The summed E-state index contributed by atoms with van der Waals surface area (Å²) < 4.78 is 0. The number of nitrogens with one attached hydrogen (secondary N) is 1. The Kier molecular flexibility index (Phi) is 3.57. The van der Waals surface area contributed by atoms with Crippen LogP contribution < -0.4 is 5.32 Å². The zero-order chi connectivity index (χ0) is 13.1. The third kappa shape index (κ3) is 2.65. The quantitative estimate of drug-likeness (QED) is 0.470. The van der Waals surface area contributed by atoms with Gasteiger partial charge in [0.1, 0.15) is 12.0 Å². The minimum Gasteiger partial charge on any atom is -0.393 e. The Labute approximate surface area is 104 Å². The van der Waals surface area contributed by atoms with E-state index >= 15 is 0 Å². The van der Waals surface area contributed by atoms with Gasteiger partial charge in [0.2, 0.25) is 0 Å². The largest absolute Gasteiger partial charge is 0.393 e. The Morgan fingerprint density at radius 3 is 2.78 bits per heavy atom. The van der Waals surface area contributed by atoms with Crippen molar-refractivity contribution >= 4 is 17.7 Å². The van der Waals surface area contributed by atoms with Crippen LogP contribution in [-0.4, -0.2) is 29.0 Å². The van der Waals surface area contributed by atoms with Gasteiger partial charge in [-0.25, -0.2) is 0 Å². The topological polar surface area (TPSA) is 92.5 Å². The lowest BCUT2D eigenvalue weighted by atomic mass is 9.82. The average molecular weight is 250 g/mol. The number of hydrogen-bond acceptors (Lipinski definition) is 5. The Morgan fingerprint density at radius 2 is 2.22 bits per heavy atom. The van der Waals surface area contributed by atoms with Gasteiger partial charge in [0.15, 0.2) is 0 Å². The fourth-order valence-electron chi connectivity index (χ4n) is 2.04. The van der Waals surface area contributed by atoms with Gasteiger partial charge in [-0.05, 0) is 30.9 Å². The minimum absolute atomic E-state index is 0.0977. The molecule has 0 aromatic heterocycles. The number of nitro groups is 1. The summed E-state index contributed by atoms with van der Waals surface area (Å²) in [7, 11) is 0. The number of aliphatic hydroxyl groups excluding tert-OH is 1. The van der Waals surface area contributed by atoms with Crippen LogP contribution in [0.1, 0.15) is 23.2 Å². The van der Waals surface area contributed by atoms with Gasteiger partial charge in [0, 0.05) is 18.2 Å². The van der Waals surface area contributed by atoms with Crippen LogP contribution in [0.15, 0.2) is 18.2 Å². The zero-order valence-corrected chi connectivity index (χ0v) is 9.70. The van der Waals surface area contributed by atoms with Gasteiger partial charge in [0.05, 0.1) is 11.0 Å². The van der Waals surface area contributed by atoms with Crippen molar-refractivity contribution < 1.29 is 14.8 Å². The molecule has 1 aliphatic carbocycles. The molecule has 96 valence electrons. The van der Waals surface area contributed by atoms with Gasteiger partial charge >= 0.3 is 0 Å². The monoisotopic (exact) mass is 250 g/mol. The maximum absolute atomic E-state index is 10.9. The predicted octanol–water partition coefficient (Wildman–Crippen LogP) is 1.59. The molecule has 6 heteroatoms. The molecule has 1 aromatic rings. The molecule has 0 bridgehead atoms. The number of benzene rings is 1. The number of aldehydes is 1. The highest BCUT2D eigenvalue weighted by Gasteiger charge is 2.27. The molecule has 6 nitrogen and oxygen atoms in total. The number of rotatable bonds is 5. The SMILES string of the molecule is O=Cc1ccc(NCC2CC(O)C2)c([N+](=O)[O-])c1. The van der Waals surface area contributed by atoms with E-state index in [0.29, 0.717) is 24.4 Å². The first kappa shape index (κ1) is 12.5. The van der Waals surface area contributed by atoms with Crippen molar-refractivity contribution in [3.63, 3.8) is 0 Å². The molecule has 2 N–H and O–H groups in total. The maximum atomic E-state index is 10.9. The molecule has 0 aliphatic heterocycles. The van der Waals surface area contributed by atoms with Crippen molar-refractivity contribution in [1.82, 2.24) is 0 Å². The summed E-state index contributed by atoms with van der Waals surface area (Å²) in [6.07, 6.45) is 1.81. The minimum atomic E-state index is -0.509. The van der Waals surface area contributed by atoms with Crippen LogP contribution in [0.5, 0.6) is 0 Å². The molecule has 0 radical (unpaired) electrons. The molecule has 0 saturated heterocycles. The van der Waals surface area contributed by atoms with E-state index in [0.717, 1.165) is 12.8 Å². The van der Waals surface area contributed by atoms with E-state index < -0.39 is 4.92 Å². The lowest BCUT2D eigenvalue weighted by molar-refractivity contribution is -0.384. The molecular formula is C12H14N2O4. The molecular weight excluding hydrogens is 236 g/mol. The summed E-state index contributed by atoms with van der Waals surface area (Å²) in [5.41, 5.74) is 0.595. The molecule has 0 unspecified atom stereocenters. The number of nitrogens with zero attached hydrogens (tertiary/aromatic N) is 1. The fraction of sp³-hybridized carbons (Fsp3) is 0.417. The second-order valence-corrected chi connectivity index (χ2v) is 4.52. The third-order valence-corrected chi connectivity index (χ3v) is 3.15. The molecule has 2 rings (SSSR count). The van der Waals surface area contributed by atoms with E-state index in [2.05, 4.69) is 5.32 Å². The van der Waals surface area contributed by atoms with Crippen molar-refractivity contribution in [3.05, 3.63) is 33.9 Å². The van der Waals surface area contributed by atoms with Crippen molar-refractivity contribution in [2.45, 2.75) is 18.9 Å². The molecule has 1 aliphatic rings. The summed E-state index contributed by atoms with van der Waals surface area (Å²) in [4.78, 5) is 21.0. The van der Waals surface area contributed by atoms with Crippen LogP contribution in [-0.2, 0) is 0 Å². The van der Waals surface area contributed by atoms with Crippen molar-refractivity contribution in [1.29, 1.82) is 0 Å². The summed E-state index contributed by atoms with van der Waals surface area (Å²) in [5.74, 6) is 0.352. The Bertz CT molecular complexity index is 469. The molecule has 0 spiro atoms. The fourth-order valence-corrected chi connectivity index (χ4v) is 2.04. The highest BCUT2D eigenvalue weighted by molar-refractivity contribution is 5.79. The van der Waals surface area contributed by atoms with Crippen molar-refractivity contribution in [2.75, 3.05) is 11.9 Å². The van der Waals surface area contributed by atoms with Gasteiger partial charge in [-0.2, -0.15) is 0 Å². The van der Waals surface area contributed by atoms with Crippen LogP contribution in [0.25, 0.3) is 0 Å². The van der Waals surface area contributed by atoms with E-state index in [-0.39, 0.29) is 17.4 Å². The number of carbonyl (C=O) groups is 1. The first-order valence-corrected chi connectivity index (χ1v) is 5.75. The Balaban J connectivity index is 2.06. The van der Waals surface area contributed by atoms with Gasteiger partial charge in [-0.1, -0.05) is 0 Å². The first-order valence-electron chi connectivity index (χ1n) is 5.75. The van der Waals surface area contributed by atoms with Crippen LogP contribution in [0.4, 0.5) is 11.4 Å². The first-order chi connectivity index (χ1) is 8.60. The Hall–Kier alpha value is -1.95. The van der Waals surface area contributed by atoms with Gasteiger partial charge in [-0.3, -0.25) is 14.9 Å². The number of nitro benzene ring substituents is 1. The molecule has 1 saturated carbocycles. The molecule has 0 atom stereocenters. The zero-order valence-electron chi connectivity index (χ0n) is 9.70. The maximum Gasteiger partial charge on any atom is 0.293 e. The summed E-state index contributed by atoms with van der Waals surface area (Å²) in [5, 5.41) is 23.0. The van der Waals surface area contributed by atoms with Crippen LogP contribution >= 0.6 is 0 Å².